The van der Waals surface area contributed by atoms with Crippen molar-refractivity contribution in [3.63, 3.8) is 0 Å². The molecule has 29 heavy (non-hydrogen) atoms. The van der Waals surface area contributed by atoms with Gasteiger partial charge in [0.1, 0.15) is 10.6 Å². The van der Waals surface area contributed by atoms with Gasteiger partial charge in [0.15, 0.2) is 0 Å². The number of benzene rings is 2. The van der Waals surface area contributed by atoms with Crippen LogP contribution in [0.5, 0.6) is 5.75 Å². The highest BCUT2D eigenvalue weighted by Gasteiger charge is 2.24. The maximum atomic E-state index is 13.0. The van der Waals surface area contributed by atoms with E-state index in [0.29, 0.717) is 0 Å². The number of nitrogens with one attached hydrogen (secondary N) is 1. The molecule has 0 saturated heterocycles. The van der Waals surface area contributed by atoms with Crippen molar-refractivity contribution >= 4 is 27.6 Å². The lowest BCUT2D eigenvalue weighted by Crippen LogP contribution is -2.28. The topological polar surface area (TPSA) is 81.7 Å². The van der Waals surface area contributed by atoms with Crippen LogP contribution in [-0.4, -0.2) is 28.6 Å². The molecule has 0 aliphatic heterocycles. The highest BCUT2D eigenvalue weighted by molar-refractivity contribution is 7.89. The third kappa shape index (κ3) is 5.10. The van der Waals surface area contributed by atoms with Gasteiger partial charge in [0.25, 0.3) is 0 Å². The smallest absolute Gasteiger partial charge is 0.337 e. The quantitative estimate of drug-likeness (QED) is 0.637. The molecule has 0 aliphatic carbocycles. The number of hydrogen-bond donors (Lipinski definition) is 1. The summed E-state index contributed by atoms with van der Waals surface area (Å²) in [7, 11) is -1.15. The molecule has 0 unspecified atom stereocenters. The number of halogens is 1. The number of ether oxygens (including phenoxy) is 2. The van der Waals surface area contributed by atoms with Crippen molar-refractivity contribution in [2.45, 2.75) is 44.6 Å². The molecule has 0 fully saturated rings. The van der Waals surface area contributed by atoms with E-state index in [9.17, 15) is 13.2 Å². The second-order valence-corrected chi connectivity index (χ2v) is 9.17. The van der Waals surface area contributed by atoms with E-state index in [1.807, 2.05) is 32.9 Å². The van der Waals surface area contributed by atoms with Crippen molar-refractivity contribution in [3.05, 3.63) is 57.6 Å². The summed E-state index contributed by atoms with van der Waals surface area (Å²) in [6.45, 7) is 7.75. The Morgan fingerprint density at radius 3 is 2.28 bits per heavy atom. The van der Waals surface area contributed by atoms with Gasteiger partial charge in [-0.1, -0.05) is 25.4 Å². The van der Waals surface area contributed by atoms with Crippen LogP contribution in [0.15, 0.2) is 35.2 Å². The minimum absolute atomic E-state index is 0.0201. The van der Waals surface area contributed by atoms with Gasteiger partial charge < -0.3 is 9.47 Å². The van der Waals surface area contributed by atoms with Crippen LogP contribution in [0.1, 0.15) is 59.8 Å². The lowest BCUT2D eigenvalue weighted by Gasteiger charge is -2.21. The van der Waals surface area contributed by atoms with E-state index in [2.05, 4.69) is 9.46 Å². The monoisotopic (exact) mass is 439 g/mol. The fourth-order valence-electron chi connectivity index (χ4n) is 3.12. The third-order valence-electron chi connectivity index (χ3n) is 4.68. The number of hydrogen-bond acceptors (Lipinski definition) is 5. The van der Waals surface area contributed by atoms with Crippen molar-refractivity contribution in [2.75, 3.05) is 14.2 Å². The Labute approximate surface area is 177 Å². The van der Waals surface area contributed by atoms with E-state index < -0.39 is 22.0 Å². The van der Waals surface area contributed by atoms with Crippen LogP contribution < -0.4 is 9.46 Å². The van der Waals surface area contributed by atoms with Crippen molar-refractivity contribution in [3.8, 4) is 5.75 Å². The molecule has 0 aliphatic rings. The molecule has 1 atom stereocenters. The van der Waals surface area contributed by atoms with Crippen LogP contribution in [0.25, 0.3) is 0 Å². The molecule has 8 heteroatoms. The van der Waals surface area contributed by atoms with Crippen LogP contribution in [0, 0.1) is 6.92 Å². The van der Waals surface area contributed by atoms with Crippen LogP contribution in [-0.2, 0) is 14.8 Å². The van der Waals surface area contributed by atoms with E-state index in [1.54, 1.807) is 14.0 Å². The molecular formula is C21H26ClNO5S. The Kier molecular flexibility index (Phi) is 7.32. The largest absolute Gasteiger partial charge is 0.496 e. The molecule has 1 N–H and O–H groups in total. The van der Waals surface area contributed by atoms with E-state index >= 15 is 0 Å². The zero-order chi connectivity index (χ0) is 21.9. The number of rotatable bonds is 7. The van der Waals surface area contributed by atoms with Crippen LogP contribution in [0.2, 0.25) is 5.02 Å². The molecule has 158 valence electrons. The number of carbonyl (C=O) groups is 1. The molecule has 0 bridgehead atoms. The molecule has 2 rings (SSSR count). The summed E-state index contributed by atoms with van der Waals surface area (Å²) in [5.74, 6) is 0.336. The average Bonchev–Trinajstić information content (AvgIpc) is 2.66. The lowest BCUT2D eigenvalue weighted by molar-refractivity contribution is 0.0600. The summed E-state index contributed by atoms with van der Waals surface area (Å²) in [6.07, 6.45) is 0. The zero-order valence-corrected chi connectivity index (χ0v) is 18.9. The standard InChI is InChI=1S/C21H26ClNO5S/c1-12(2)16-11-17(13(3)9-19(16)27-5)14(4)23-29(25,26)20-10-15(21(24)28-6)7-8-18(20)22/h7-12,14,23H,1-6H3/t14-/m1/s1. The van der Waals surface area contributed by atoms with E-state index in [4.69, 9.17) is 16.3 Å². The van der Waals surface area contributed by atoms with Gasteiger partial charge in [-0.3, -0.25) is 0 Å². The van der Waals surface area contributed by atoms with Crippen molar-refractivity contribution in [1.29, 1.82) is 0 Å². The van der Waals surface area contributed by atoms with Crippen molar-refractivity contribution < 1.29 is 22.7 Å². The molecule has 2 aromatic carbocycles. The minimum atomic E-state index is -3.99. The Hall–Kier alpha value is -2.09. The summed E-state index contributed by atoms with van der Waals surface area (Å²) in [5.41, 5.74) is 2.83. The molecule has 0 heterocycles. The predicted octanol–water partition coefficient (Wildman–Crippen LogP) is 4.61. The Bertz CT molecular complexity index is 1020. The summed E-state index contributed by atoms with van der Waals surface area (Å²) < 4.78 is 38.7. The van der Waals surface area contributed by atoms with E-state index in [0.717, 1.165) is 22.4 Å². The predicted molar refractivity (Wildman–Crippen MR) is 113 cm³/mol. The van der Waals surface area contributed by atoms with Gasteiger partial charge in [-0.2, -0.15) is 0 Å². The molecule has 6 nitrogen and oxygen atoms in total. The second-order valence-electron chi connectivity index (χ2n) is 7.09. The van der Waals surface area contributed by atoms with Crippen LogP contribution >= 0.6 is 11.6 Å². The Balaban J connectivity index is 2.44. The fraction of sp³-hybridized carbons (Fsp3) is 0.381. The Morgan fingerprint density at radius 2 is 1.72 bits per heavy atom. The first-order chi connectivity index (χ1) is 13.5. The molecule has 0 saturated carbocycles. The fourth-order valence-corrected chi connectivity index (χ4v) is 4.87. The van der Waals surface area contributed by atoms with Crippen molar-refractivity contribution in [2.24, 2.45) is 0 Å². The number of esters is 1. The highest BCUT2D eigenvalue weighted by Crippen LogP contribution is 2.33. The first kappa shape index (κ1) is 23.2. The lowest BCUT2D eigenvalue weighted by atomic mass is 9.94. The molecular weight excluding hydrogens is 414 g/mol. The maximum Gasteiger partial charge on any atom is 0.337 e. The number of sulfonamides is 1. The zero-order valence-electron chi connectivity index (χ0n) is 17.4. The van der Waals surface area contributed by atoms with Crippen LogP contribution in [0.4, 0.5) is 0 Å². The van der Waals surface area contributed by atoms with Crippen molar-refractivity contribution in [1.82, 2.24) is 4.72 Å². The summed E-state index contributed by atoms with van der Waals surface area (Å²) in [5, 5.41) is 0.0201. The molecule has 0 radical (unpaired) electrons. The van der Waals surface area contributed by atoms with Gasteiger partial charge in [-0.05, 0) is 66.8 Å². The maximum absolute atomic E-state index is 13.0. The normalized spacial score (nSPS) is 12.7. The third-order valence-corrected chi connectivity index (χ3v) is 6.70. The second kappa shape index (κ2) is 9.15. The first-order valence-electron chi connectivity index (χ1n) is 9.10. The van der Waals surface area contributed by atoms with Gasteiger partial charge >= 0.3 is 5.97 Å². The number of carbonyl (C=O) groups excluding carboxylic acids is 1. The average molecular weight is 440 g/mol. The van der Waals surface area contributed by atoms with Gasteiger partial charge in [-0.25, -0.2) is 17.9 Å². The first-order valence-corrected chi connectivity index (χ1v) is 11.0. The molecule has 0 amide bonds. The van der Waals surface area contributed by atoms with Gasteiger partial charge in [0.05, 0.1) is 24.8 Å². The SMILES string of the molecule is COC(=O)c1ccc(Cl)c(S(=O)(=O)N[C@H](C)c2cc(C(C)C)c(OC)cc2C)c1. The summed E-state index contributed by atoms with van der Waals surface area (Å²) >= 11 is 6.11. The highest BCUT2D eigenvalue weighted by atomic mass is 35.5. The molecule has 0 spiro atoms. The van der Waals surface area contributed by atoms with Gasteiger partial charge in [0, 0.05) is 6.04 Å². The Morgan fingerprint density at radius 1 is 1.07 bits per heavy atom. The molecule has 2 aromatic rings. The van der Waals surface area contributed by atoms with E-state index in [-0.39, 0.29) is 21.4 Å². The van der Waals surface area contributed by atoms with Crippen LogP contribution in [0.3, 0.4) is 0 Å². The van der Waals surface area contributed by atoms with E-state index in [1.165, 1.54) is 25.3 Å². The number of methoxy groups -OCH3 is 2. The minimum Gasteiger partial charge on any atom is -0.496 e. The van der Waals surface area contributed by atoms with Gasteiger partial charge in [-0.15, -0.1) is 0 Å². The number of aryl methyl sites for hydroxylation is 1. The molecule has 0 aromatic heterocycles. The summed E-state index contributed by atoms with van der Waals surface area (Å²) in [4.78, 5) is 11.6. The van der Waals surface area contributed by atoms with Gasteiger partial charge in [0.2, 0.25) is 10.0 Å². The summed E-state index contributed by atoms with van der Waals surface area (Å²) in [6, 6.07) is 7.32.